The summed E-state index contributed by atoms with van der Waals surface area (Å²) >= 11 is 0. The lowest BCUT2D eigenvalue weighted by molar-refractivity contribution is 0.208. The first kappa shape index (κ1) is 14.1. The molecule has 1 saturated heterocycles. The van der Waals surface area contributed by atoms with Crippen molar-refractivity contribution in [3.8, 4) is 0 Å². The average Bonchev–Trinajstić information content (AvgIpc) is 2.49. The molecule has 5 nitrogen and oxygen atoms in total. The minimum atomic E-state index is 0.268. The monoisotopic (exact) mass is 264 g/mol. The Morgan fingerprint density at radius 1 is 1.37 bits per heavy atom. The van der Waals surface area contributed by atoms with Gasteiger partial charge < -0.3 is 14.9 Å². The van der Waals surface area contributed by atoms with Crippen LogP contribution in [-0.4, -0.2) is 47.9 Å². The van der Waals surface area contributed by atoms with Gasteiger partial charge in [0.25, 0.3) is 0 Å². The van der Waals surface area contributed by atoms with E-state index >= 15 is 0 Å². The fourth-order valence-corrected chi connectivity index (χ4v) is 2.65. The molecule has 1 N–H and O–H groups in total. The molecule has 1 fully saturated rings. The van der Waals surface area contributed by atoms with Crippen molar-refractivity contribution in [3.63, 3.8) is 0 Å². The van der Waals surface area contributed by atoms with E-state index in [0.29, 0.717) is 5.92 Å². The van der Waals surface area contributed by atoms with Crippen LogP contribution < -0.4 is 9.80 Å². The summed E-state index contributed by atoms with van der Waals surface area (Å²) in [6.07, 6.45) is 3.88. The Morgan fingerprint density at radius 2 is 2.16 bits per heavy atom. The largest absolute Gasteiger partial charge is 0.396 e. The molecule has 0 aliphatic carbocycles. The van der Waals surface area contributed by atoms with E-state index in [1.54, 1.807) is 6.33 Å². The van der Waals surface area contributed by atoms with Crippen molar-refractivity contribution in [3.05, 3.63) is 12.4 Å². The van der Waals surface area contributed by atoms with E-state index in [4.69, 9.17) is 0 Å². The number of aromatic nitrogens is 2. The maximum atomic E-state index is 9.31. The molecule has 0 radical (unpaired) electrons. The Bertz CT molecular complexity index is 395. The first-order valence-electron chi connectivity index (χ1n) is 7.21. The molecule has 2 rings (SSSR count). The summed E-state index contributed by atoms with van der Waals surface area (Å²) in [6.45, 7) is 8.35. The summed E-state index contributed by atoms with van der Waals surface area (Å²) in [7, 11) is 0. The van der Waals surface area contributed by atoms with Gasteiger partial charge in [-0.1, -0.05) is 0 Å². The van der Waals surface area contributed by atoms with Crippen LogP contribution in [0.1, 0.15) is 26.7 Å². The lowest BCUT2D eigenvalue weighted by Crippen LogP contribution is -2.37. The summed E-state index contributed by atoms with van der Waals surface area (Å²) < 4.78 is 0. The van der Waals surface area contributed by atoms with Crippen LogP contribution in [0.5, 0.6) is 0 Å². The Morgan fingerprint density at radius 3 is 2.84 bits per heavy atom. The maximum Gasteiger partial charge on any atom is 0.134 e. The zero-order valence-corrected chi connectivity index (χ0v) is 11.9. The highest BCUT2D eigenvalue weighted by molar-refractivity contribution is 5.50. The van der Waals surface area contributed by atoms with E-state index in [9.17, 15) is 5.11 Å². The molecule has 106 valence electrons. The summed E-state index contributed by atoms with van der Waals surface area (Å²) in [5, 5.41) is 9.31. The van der Waals surface area contributed by atoms with Crippen molar-refractivity contribution in [2.75, 3.05) is 42.6 Å². The van der Waals surface area contributed by atoms with Crippen LogP contribution in [-0.2, 0) is 0 Å². The molecular weight excluding hydrogens is 240 g/mol. The van der Waals surface area contributed by atoms with Gasteiger partial charge in [0.2, 0.25) is 0 Å². The first-order valence-corrected chi connectivity index (χ1v) is 7.21. The maximum absolute atomic E-state index is 9.31. The Balaban J connectivity index is 2.13. The van der Waals surface area contributed by atoms with Crippen LogP contribution >= 0.6 is 0 Å². The fourth-order valence-electron chi connectivity index (χ4n) is 2.65. The molecule has 1 aromatic heterocycles. The van der Waals surface area contributed by atoms with Gasteiger partial charge in [-0.15, -0.1) is 0 Å². The summed E-state index contributed by atoms with van der Waals surface area (Å²) in [5.74, 6) is 2.34. The minimum Gasteiger partial charge on any atom is -0.396 e. The highest BCUT2D eigenvalue weighted by Crippen LogP contribution is 2.23. The zero-order chi connectivity index (χ0) is 13.7. The summed E-state index contributed by atoms with van der Waals surface area (Å²) in [4.78, 5) is 13.2. The molecule has 1 unspecified atom stereocenters. The predicted molar refractivity (Wildman–Crippen MR) is 77.6 cm³/mol. The highest BCUT2D eigenvalue weighted by atomic mass is 16.3. The van der Waals surface area contributed by atoms with Crippen LogP contribution in [0.4, 0.5) is 11.6 Å². The quantitative estimate of drug-likeness (QED) is 0.874. The van der Waals surface area contributed by atoms with E-state index in [1.807, 2.05) is 0 Å². The minimum absolute atomic E-state index is 0.268. The molecule has 1 aromatic rings. The molecule has 5 heteroatoms. The van der Waals surface area contributed by atoms with Crippen molar-refractivity contribution < 1.29 is 5.11 Å². The van der Waals surface area contributed by atoms with Crippen LogP contribution in [0.25, 0.3) is 0 Å². The van der Waals surface area contributed by atoms with Gasteiger partial charge in [-0.25, -0.2) is 9.97 Å². The van der Waals surface area contributed by atoms with E-state index in [2.05, 4.69) is 39.7 Å². The second kappa shape index (κ2) is 6.70. The van der Waals surface area contributed by atoms with Crippen molar-refractivity contribution in [1.82, 2.24) is 9.97 Å². The van der Waals surface area contributed by atoms with Crippen molar-refractivity contribution in [2.45, 2.75) is 26.7 Å². The smallest absolute Gasteiger partial charge is 0.134 e. The van der Waals surface area contributed by atoms with Gasteiger partial charge >= 0.3 is 0 Å². The van der Waals surface area contributed by atoms with Crippen molar-refractivity contribution in [1.29, 1.82) is 0 Å². The van der Waals surface area contributed by atoms with Gasteiger partial charge in [0.05, 0.1) is 0 Å². The number of hydrogen-bond acceptors (Lipinski definition) is 5. The first-order chi connectivity index (χ1) is 9.28. The Kier molecular flexibility index (Phi) is 4.96. The Labute approximate surface area is 115 Å². The number of aliphatic hydroxyl groups excluding tert-OH is 1. The zero-order valence-electron chi connectivity index (χ0n) is 11.9. The third-order valence-corrected chi connectivity index (χ3v) is 3.83. The fraction of sp³-hybridized carbons (Fsp3) is 0.714. The summed E-state index contributed by atoms with van der Waals surface area (Å²) in [5.41, 5.74) is 0. The molecule has 1 aliphatic rings. The topological polar surface area (TPSA) is 52.5 Å². The highest BCUT2D eigenvalue weighted by Gasteiger charge is 2.20. The van der Waals surface area contributed by atoms with Crippen LogP contribution in [0.15, 0.2) is 12.4 Å². The number of aliphatic hydroxyl groups is 1. The summed E-state index contributed by atoms with van der Waals surface area (Å²) in [6, 6.07) is 2.06. The second-order valence-electron chi connectivity index (χ2n) is 5.04. The third-order valence-electron chi connectivity index (χ3n) is 3.83. The van der Waals surface area contributed by atoms with Gasteiger partial charge in [0.15, 0.2) is 0 Å². The number of piperidine rings is 1. The molecule has 19 heavy (non-hydrogen) atoms. The lowest BCUT2D eigenvalue weighted by Gasteiger charge is -2.33. The van der Waals surface area contributed by atoms with Gasteiger partial charge in [0.1, 0.15) is 18.0 Å². The number of rotatable bonds is 5. The molecule has 0 saturated carbocycles. The van der Waals surface area contributed by atoms with Gasteiger partial charge in [0, 0.05) is 38.9 Å². The molecule has 0 aromatic carbocycles. The number of anilines is 2. The van der Waals surface area contributed by atoms with Gasteiger partial charge in [-0.3, -0.25) is 0 Å². The molecule has 2 heterocycles. The van der Waals surface area contributed by atoms with Gasteiger partial charge in [-0.05, 0) is 32.6 Å². The van der Waals surface area contributed by atoms with Crippen LogP contribution in [0.3, 0.4) is 0 Å². The van der Waals surface area contributed by atoms with Crippen LogP contribution in [0.2, 0.25) is 0 Å². The average molecular weight is 264 g/mol. The van der Waals surface area contributed by atoms with E-state index in [1.165, 1.54) is 0 Å². The van der Waals surface area contributed by atoms with Crippen molar-refractivity contribution >= 4 is 11.6 Å². The van der Waals surface area contributed by atoms with Crippen molar-refractivity contribution in [2.24, 2.45) is 5.92 Å². The second-order valence-corrected chi connectivity index (χ2v) is 5.04. The predicted octanol–water partition coefficient (Wildman–Crippen LogP) is 1.53. The standard InChI is InChI=1S/C14H24N4O/c1-3-17(4-2)13-8-14(16-11-15-13)18-7-5-6-12(9-18)10-19/h8,11-12,19H,3-7,9-10H2,1-2H3. The molecule has 0 spiro atoms. The number of hydrogen-bond donors (Lipinski definition) is 1. The SMILES string of the molecule is CCN(CC)c1cc(N2CCCC(CO)C2)ncn1. The molecular formula is C14H24N4O. The molecule has 0 amide bonds. The van der Waals surface area contributed by atoms with Gasteiger partial charge in [-0.2, -0.15) is 0 Å². The van der Waals surface area contributed by atoms with E-state index in [-0.39, 0.29) is 6.61 Å². The van der Waals surface area contributed by atoms with E-state index in [0.717, 1.165) is 50.7 Å². The lowest BCUT2D eigenvalue weighted by atomic mass is 9.99. The molecule has 1 atom stereocenters. The van der Waals surface area contributed by atoms with E-state index < -0.39 is 0 Å². The Hall–Kier alpha value is -1.36. The third kappa shape index (κ3) is 3.35. The normalized spacial score (nSPS) is 19.5. The number of nitrogens with zero attached hydrogens (tertiary/aromatic N) is 4. The molecule has 1 aliphatic heterocycles. The van der Waals surface area contributed by atoms with Crippen LogP contribution in [0, 0.1) is 5.92 Å². The molecule has 0 bridgehead atoms.